The summed E-state index contributed by atoms with van der Waals surface area (Å²) < 4.78 is 6.99. The Hall–Kier alpha value is -3.38. The zero-order valence-corrected chi connectivity index (χ0v) is 18.1. The summed E-state index contributed by atoms with van der Waals surface area (Å²) in [5, 5.41) is -0.457. The number of hydrogen-bond acceptors (Lipinski definition) is 4. The van der Waals surface area contributed by atoms with Gasteiger partial charge >= 0.3 is 11.9 Å². The van der Waals surface area contributed by atoms with Crippen LogP contribution in [0.25, 0.3) is 0 Å². The Bertz CT molecular complexity index is 1230. The van der Waals surface area contributed by atoms with Crippen LogP contribution >= 0.6 is 11.8 Å². The van der Waals surface area contributed by atoms with Crippen LogP contribution in [-0.2, 0) is 11.3 Å². The van der Waals surface area contributed by atoms with Crippen molar-refractivity contribution in [2.24, 2.45) is 0 Å². The van der Waals surface area contributed by atoms with Crippen LogP contribution in [-0.4, -0.2) is 34.6 Å². The molecule has 3 aromatic rings. The fourth-order valence-corrected chi connectivity index (χ4v) is 5.36. The topological polar surface area (TPSA) is 49.6 Å². The van der Waals surface area contributed by atoms with E-state index in [2.05, 4.69) is 0 Å². The van der Waals surface area contributed by atoms with Gasteiger partial charge < -0.3 is 4.74 Å². The van der Waals surface area contributed by atoms with Crippen LogP contribution in [0.1, 0.15) is 16.7 Å². The van der Waals surface area contributed by atoms with Crippen molar-refractivity contribution < 1.29 is 18.9 Å². The normalized spacial score (nSPS) is 17.6. The Morgan fingerprint density at radius 2 is 1.68 bits per heavy atom. The van der Waals surface area contributed by atoms with Crippen molar-refractivity contribution in [2.45, 2.75) is 23.6 Å². The highest BCUT2D eigenvalue weighted by molar-refractivity contribution is 8.02. The lowest BCUT2D eigenvalue weighted by Gasteiger charge is -2.25. The van der Waals surface area contributed by atoms with Crippen LogP contribution in [0.15, 0.2) is 77.7 Å². The molecule has 2 aliphatic heterocycles. The van der Waals surface area contributed by atoms with E-state index < -0.39 is 5.25 Å². The molecular formula is C25H21N2O3S+. The Labute approximate surface area is 185 Å². The number of urea groups is 1. The van der Waals surface area contributed by atoms with Crippen molar-refractivity contribution in [3.05, 3.63) is 89.5 Å². The lowest BCUT2D eigenvalue weighted by molar-refractivity contribution is -0.444. The average molecular weight is 430 g/mol. The number of imide groups is 1. The first-order valence-corrected chi connectivity index (χ1v) is 10.9. The molecule has 6 heteroatoms. The molecular weight excluding hydrogens is 408 g/mol. The molecule has 0 aliphatic carbocycles. The van der Waals surface area contributed by atoms with Gasteiger partial charge in [0.15, 0.2) is 5.25 Å². The molecule has 154 valence electrons. The van der Waals surface area contributed by atoms with E-state index in [1.165, 1.54) is 16.7 Å². The number of amides is 3. The van der Waals surface area contributed by atoms with Crippen molar-refractivity contribution in [3.63, 3.8) is 0 Å². The van der Waals surface area contributed by atoms with E-state index in [-0.39, 0.29) is 11.9 Å². The number of rotatable bonds is 4. The molecule has 0 saturated heterocycles. The van der Waals surface area contributed by atoms with Gasteiger partial charge in [-0.2, -0.15) is 9.37 Å². The van der Waals surface area contributed by atoms with Crippen molar-refractivity contribution >= 4 is 35.1 Å². The highest BCUT2D eigenvalue weighted by atomic mass is 32.2. The number of fused-ring (bicyclic) bond motifs is 3. The van der Waals surface area contributed by atoms with Crippen LogP contribution < -0.4 is 9.64 Å². The Morgan fingerprint density at radius 3 is 2.42 bits per heavy atom. The zero-order valence-electron chi connectivity index (χ0n) is 17.2. The summed E-state index contributed by atoms with van der Waals surface area (Å²) in [6, 6.07) is 22.6. The van der Waals surface area contributed by atoms with E-state index in [9.17, 15) is 9.59 Å². The van der Waals surface area contributed by atoms with Crippen LogP contribution in [0.3, 0.4) is 0 Å². The highest BCUT2D eigenvalue weighted by Gasteiger charge is 2.53. The lowest BCUT2D eigenvalue weighted by Crippen LogP contribution is -2.55. The van der Waals surface area contributed by atoms with E-state index in [1.54, 1.807) is 36.0 Å². The summed E-state index contributed by atoms with van der Waals surface area (Å²) >= 11 is 1.51. The number of aryl methyl sites for hydroxylation is 1. The van der Waals surface area contributed by atoms with Gasteiger partial charge in [-0.25, -0.2) is 4.79 Å². The largest absolute Gasteiger partial charge is 0.506 e. The Kier molecular flexibility index (Phi) is 4.87. The van der Waals surface area contributed by atoms with Gasteiger partial charge in [0.25, 0.3) is 0 Å². The minimum atomic E-state index is -0.457. The molecule has 0 N–H and O–H groups in total. The predicted molar refractivity (Wildman–Crippen MR) is 121 cm³/mol. The standard InChI is InChI=1S/C25H21N2O3S/c1-16-7-3-4-8-17(16)15-26-22-20-9-5-6-10-21(20)31-23(22)24(28)27(25(26)29)18-11-13-19(30-2)14-12-18/h3-14,23H,15H2,1-2H3/q+1. The van der Waals surface area contributed by atoms with E-state index in [1.807, 2.05) is 55.5 Å². The van der Waals surface area contributed by atoms with E-state index in [0.29, 0.717) is 18.0 Å². The second kappa shape index (κ2) is 7.71. The predicted octanol–water partition coefficient (Wildman–Crippen LogP) is 4.65. The number of nitrogens with zero attached hydrogens (tertiary/aromatic N) is 2. The molecule has 0 spiro atoms. The van der Waals surface area contributed by atoms with Crippen molar-refractivity contribution in [2.75, 3.05) is 12.0 Å². The zero-order chi connectivity index (χ0) is 21.5. The molecule has 2 heterocycles. The second-order valence-corrected chi connectivity index (χ2v) is 8.69. The maximum Gasteiger partial charge on any atom is 0.506 e. The molecule has 0 fully saturated rings. The van der Waals surface area contributed by atoms with E-state index >= 15 is 0 Å². The number of anilines is 1. The van der Waals surface area contributed by atoms with Crippen LogP contribution in [0, 0.1) is 6.92 Å². The van der Waals surface area contributed by atoms with Gasteiger partial charge in [-0.1, -0.05) is 36.4 Å². The van der Waals surface area contributed by atoms with E-state index in [4.69, 9.17) is 4.74 Å². The van der Waals surface area contributed by atoms with Crippen LogP contribution in [0.2, 0.25) is 0 Å². The molecule has 31 heavy (non-hydrogen) atoms. The first-order chi connectivity index (χ1) is 15.1. The number of benzene rings is 3. The quantitative estimate of drug-likeness (QED) is 0.567. The van der Waals surface area contributed by atoms with Crippen LogP contribution in [0.4, 0.5) is 10.5 Å². The SMILES string of the molecule is COc1ccc(N2C(=O)C3Sc4ccccc4C3=[N+](Cc3ccccc3C)C2=O)cc1. The summed E-state index contributed by atoms with van der Waals surface area (Å²) in [5.74, 6) is 0.458. The van der Waals surface area contributed by atoms with Crippen molar-refractivity contribution in [1.29, 1.82) is 0 Å². The number of carbonyl (C=O) groups is 2. The monoisotopic (exact) mass is 429 g/mol. The minimum absolute atomic E-state index is 0.215. The maximum atomic E-state index is 13.7. The molecule has 0 bridgehead atoms. The van der Waals surface area contributed by atoms with Crippen molar-refractivity contribution in [1.82, 2.24) is 0 Å². The first kappa shape index (κ1) is 19.6. The third kappa shape index (κ3) is 3.24. The summed E-state index contributed by atoms with van der Waals surface area (Å²) in [6.07, 6.45) is 0. The van der Waals surface area contributed by atoms with Gasteiger partial charge in [-0.05, 0) is 54.4 Å². The molecule has 3 aromatic carbocycles. The van der Waals surface area contributed by atoms with Gasteiger partial charge in [0.05, 0.1) is 7.11 Å². The minimum Gasteiger partial charge on any atom is -0.497 e. The molecule has 0 radical (unpaired) electrons. The van der Waals surface area contributed by atoms with Gasteiger partial charge in [0.2, 0.25) is 0 Å². The summed E-state index contributed by atoms with van der Waals surface area (Å²) in [7, 11) is 1.59. The number of carbonyl (C=O) groups excluding carboxylic acids is 2. The van der Waals surface area contributed by atoms with E-state index in [0.717, 1.165) is 27.3 Å². The fraction of sp³-hybridized carbons (Fsp3) is 0.160. The molecule has 3 amide bonds. The summed E-state index contributed by atoms with van der Waals surface area (Å²) in [6.45, 7) is 2.45. The van der Waals surface area contributed by atoms with Crippen LogP contribution in [0.5, 0.6) is 5.75 Å². The molecule has 0 aromatic heterocycles. The smallest absolute Gasteiger partial charge is 0.497 e. The first-order valence-electron chi connectivity index (χ1n) is 10.1. The Balaban J connectivity index is 1.66. The second-order valence-electron chi connectivity index (χ2n) is 7.55. The summed E-state index contributed by atoms with van der Waals surface area (Å²) in [4.78, 5) is 29.6. The van der Waals surface area contributed by atoms with Gasteiger partial charge in [-0.15, -0.1) is 16.7 Å². The molecule has 1 unspecified atom stereocenters. The molecule has 0 saturated carbocycles. The molecule has 5 rings (SSSR count). The molecule has 5 nitrogen and oxygen atoms in total. The lowest BCUT2D eigenvalue weighted by atomic mass is 10.0. The fourth-order valence-electron chi connectivity index (χ4n) is 4.07. The average Bonchev–Trinajstić information content (AvgIpc) is 3.18. The number of methoxy groups -OCH3 is 1. The van der Waals surface area contributed by atoms with Gasteiger partial charge in [0, 0.05) is 10.5 Å². The third-order valence-corrected chi connectivity index (χ3v) is 7.00. The maximum absolute atomic E-state index is 13.7. The van der Waals surface area contributed by atoms with Gasteiger partial charge in [0.1, 0.15) is 23.7 Å². The summed E-state index contributed by atoms with van der Waals surface area (Å²) in [5.41, 5.74) is 4.45. The molecule has 2 aliphatic rings. The van der Waals surface area contributed by atoms with Gasteiger partial charge in [-0.3, -0.25) is 0 Å². The molecule has 1 atom stereocenters. The van der Waals surface area contributed by atoms with Crippen molar-refractivity contribution in [3.8, 4) is 5.75 Å². The third-order valence-electron chi connectivity index (χ3n) is 5.73. The number of thioether (sulfide) groups is 1. The number of hydrogen-bond donors (Lipinski definition) is 0. The Morgan fingerprint density at radius 1 is 0.968 bits per heavy atom. The number of ether oxygens (including phenoxy) is 1. The highest BCUT2D eigenvalue weighted by Crippen LogP contribution is 2.41.